The average Bonchev–Trinajstić information content (AvgIpc) is 2.69. The summed E-state index contributed by atoms with van der Waals surface area (Å²) in [5, 5.41) is 4.01. The van der Waals surface area contributed by atoms with Crippen molar-refractivity contribution < 1.29 is 9.53 Å². The van der Waals surface area contributed by atoms with Crippen LogP contribution in [0.4, 0.5) is 5.82 Å². The van der Waals surface area contributed by atoms with E-state index >= 15 is 0 Å². The van der Waals surface area contributed by atoms with Gasteiger partial charge in [0.2, 0.25) is 0 Å². The Balaban J connectivity index is 1.67. The van der Waals surface area contributed by atoms with Gasteiger partial charge in [0.25, 0.3) is 5.91 Å². The molecule has 1 aliphatic carbocycles. The van der Waals surface area contributed by atoms with Crippen LogP contribution in [0.1, 0.15) is 61.4 Å². The number of amides is 1. The van der Waals surface area contributed by atoms with E-state index in [1.54, 1.807) is 11.8 Å². The molecule has 5 nitrogen and oxygen atoms in total. The SMILES string of the molecule is CCSc1nc(N2CCOCC2)cc(C)c1C(=O)NCCC1CCCCC1. The van der Waals surface area contributed by atoms with E-state index in [2.05, 4.69) is 23.2 Å². The smallest absolute Gasteiger partial charge is 0.254 e. The number of hydrogen-bond donors (Lipinski definition) is 1. The minimum Gasteiger partial charge on any atom is -0.378 e. The molecule has 27 heavy (non-hydrogen) atoms. The maximum Gasteiger partial charge on any atom is 0.254 e. The van der Waals surface area contributed by atoms with E-state index in [0.717, 1.165) is 72.9 Å². The molecule has 150 valence electrons. The quantitative estimate of drug-likeness (QED) is 0.711. The van der Waals surface area contributed by atoms with Gasteiger partial charge in [0.15, 0.2) is 0 Å². The summed E-state index contributed by atoms with van der Waals surface area (Å²) >= 11 is 1.65. The fourth-order valence-electron chi connectivity index (χ4n) is 4.05. The molecule has 1 amide bonds. The van der Waals surface area contributed by atoms with E-state index in [9.17, 15) is 4.79 Å². The highest BCUT2D eigenvalue weighted by atomic mass is 32.2. The van der Waals surface area contributed by atoms with Crippen LogP contribution in [-0.2, 0) is 4.74 Å². The molecule has 1 aliphatic heterocycles. The molecule has 1 aromatic heterocycles. The molecule has 0 radical (unpaired) electrons. The lowest BCUT2D eigenvalue weighted by molar-refractivity contribution is 0.0946. The number of aromatic nitrogens is 1. The lowest BCUT2D eigenvalue weighted by Gasteiger charge is -2.29. The third kappa shape index (κ3) is 5.61. The first-order chi connectivity index (χ1) is 13.2. The summed E-state index contributed by atoms with van der Waals surface area (Å²) in [4.78, 5) is 20.0. The molecule has 0 aromatic carbocycles. The fraction of sp³-hybridized carbons (Fsp3) is 0.714. The summed E-state index contributed by atoms with van der Waals surface area (Å²) in [6, 6.07) is 2.06. The summed E-state index contributed by atoms with van der Waals surface area (Å²) < 4.78 is 5.45. The van der Waals surface area contributed by atoms with Gasteiger partial charge < -0.3 is 15.0 Å². The molecule has 1 N–H and O–H groups in total. The Morgan fingerprint density at radius 3 is 2.74 bits per heavy atom. The van der Waals surface area contributed by atoms with Crippen molar-refractivity contribution in [3.05, 3.63) is 17.2 Å². The highest BCUT2D eigenvalue weighted by Gasteiger charge is 2.21. The zero-order valence-corrected chi connectivity index (χ0v) is 17.6. The first-order valence-corrected chi connectivity index (χ1v) is 11.4. The van der Waals surface area contributed by atoms with Crippen LogP contribution in [0, 0.1) is 12.8 Å². The minimum absolute atomic E-state index is 0.0280. The summed E-state index contributed by atoms with van der Waals surface area (Å²) in [7, 11) is 0. The van der Waals surface area contributed by atoms with Gasteiger partial charge in [-0.05, 0) is 36.6 Å². The van der Waals surface area contributed by atoms with Gasteiger partial charge in [0, 0.05) is 19.6 Å². The first-order valence-electron chi connectivity index (χ1n) is 10.4. The van der Waals surface area contributed by atoms with E-state index in [4.69, 9.17) is 9.72 Å². The van der Waals surface area contributed by atoms with E-state index < -0.39 is 0 Å². The van der Waals surface area contributed by atoms with Gasteiger partial charge in [0.1, 0.15) is 10.8 Å². The van der Waals surface area contributed by atoms with E-state index in [1.807, 2.05) is 6.92 Å². The van der Waals surface area contributed by atoms with Crippen LogP contribution in [-0.4, -0.2) is 49.5 Å². The zero-order valence-electron chi connectivity index (χ0n) is 16.8. The molecule has 1 saturated carbocycles. The molecule has 1 saturated heterocycles. The van der Waals surface area contributed by atoms with Crippen molar-refractivity contribution in [2.24, 2.45) is 5.92 Å². The number of ether oxygens (including phenoxy) is 1. The number of nitrogens with one attached hydrogen (secondary N) is 1. The lowest BCUT2D eigenvalue weighted by atomic mass is 9.87. The Kier molecular flexibility index (Phi) is 7.82. The van der Waals surface area contributed by atoms with Crippen LogP contribution in [0.3, 0.4) is 0 Å². The molecule has 3 rings (SSSR count). The Bertz CT molecular complexity index is 626. The van der Waals surface area contributed by atoms with Crippen molar-refractivity contribution in [2.75, 3.05) is 43.5 Å². The van der Waals surface area contributed by atoms with Crippen LogP contribution in [0.5, 0.6) is 0 Å². The number of pyridine rings is 1. The van der Waals surface area contributed by atoms with Gasteiger partial charge in [-0.25, -0.2) is 4.98 Å². The monoisotopic (exact) mass is 391 g/mol. The van der Waals surface area contributed by atoms with Gasteiger partial charge >= 0.3 is 0 Å². The van der Waals surface area contributed by atoms with Gasteiger partial charge in [-0.15, -0.1) is 11.8 Å². The number of aryl methyl sites for hydroxylation is 1. The molecule has 0 spiro atoms. The average molecular weight is 392 g/mol. The topological polar surface area (TPSA) is 54.5 Å². The zero-order chi connectivity index (χ0) is 19.1. The lowest BCUT2D eigenvalue weighted by Crippen LogP contribution is -2.37. The highest BCUT2D eigenvalue weighted by molar-refractivity contribution is 7.99. The largest absolute Gasteiger partial charge is 0.378 e. The number of carbonyl (C=O) groups excluding carboxylic acids is 1. The Morgan fingerprint density at radius 1 is 1.30 bits per heavy atom. The van der Waals surface area contributed by atoms with Crippen LogP contribution in [0.2, 0.25) is 0 Å². The second-order valence-electron chi connectivity index (χ2n) is 7.56. The molecule has 0 atom stereocenters. The van der Waals surface area contributed by atoms with Gasteiger partial charge in [0.05, 0.1) is 18.8 Å². The van der Waals surface area contributed by atoms with Gasteiger partial charge in [-0.3, -0.25) is 4.79 Å². The number of carbonyl (C=O) groups is 1. The summed E-state index contributed by atoms with van der Waals surface area (Å²) in [5.74, 6) is 2.68. The summed E-state index contributed by atoms with van der Waals surface area (Å²) in [5.41, 5.74) is 1.76. The number of hydrogen-bond acceptors (Lipinski definition) is 5. The van der Waals surface area contributed by atoms with Crippen LogP contribution in [0.25, 0.3) is 0 Å². The standard InChI is InChI=1S/C21H33N3O2S/c1-3-27-21-19(20(25)22-10-9-17-7-5-4-6-8-17)16(2)15-18(23-21)24-11-13-26-14-12-24/h15,17H,3-14H2,1-2H3,(H,22,25). The molecular weight excluding hydrogens is 358 g/mol. The second-order valence-corrected chi connectivity index (χ2v) is 8.81. The van der Waals surface area contributed by atoms with Gasteiger partial charge in [-0.2, -0.15) is 0 Å². The normalized spacial score (nSPS) is 18.5. The van der Waals surface area contributed by atoms with Gasteiger partial charge in [-0.1, -0.05) is 39.0 Å². The first kappa shape index (κ1) is 20.5. The maximum absolute atomic E-state index is 12.9. The number of nitrogens with zero attached hydrogens (tertiary/aromatic N) is 2. The molecule has 6 heteroatoms. The van der Waals surface area contributed by atoms with E-state index in [1.165, 1.54) is 32.1 Å². The third-order valence-corrected chi connectivity index (χ3v) is 6.43. The Hall–Kier alpha value is -1.27. The van der Waals surface area contributed by atoms with Crippen molar-refractivity contribution in [2.45, 2.75) is 57.4 Å². The second kappa shape index (κ2) is 10.3. The van der Waals surface area contributed by atoms with Crippen molar-refractivity contribution in [3.8, 4) is 0 Å². The van der Waals surface area contributed by atoms with E-state index in [0.29, 0.717) is 0 Å². The Labute approximate surface area is 167 Å². The third-order valence-electron chi connectivity index (χ3n) is 5.58. The Morgan fingerprint density at radius 2 is 2.04 bits per heavy atom. The maximum atomic E-state index is 12.9. The molecule has 0 bridgehead atoms. The number of anilines is 1. The molecule has 2 heterocycles. The molecule has 2 aliphatic rings. The van der Waals surface area contributed by atoms with Crippen molar-refractivity contribution in [3.63, 3.8) is 0 Å². The number of thioether (sulfide) groups is 1. The summed E-state index contributed by atoms with van der Waals surface area (Å²) in [6.07, 6.45) is 7.81. The fourth-order valence-corrected chi connectivity index (χ4v) is 4.88. The van der Waals surface area contributed by atoms with Crippen molar-refractivity contribution in [1.29, 1.82) is 0 Å². The number of morpholine rings is 1. The van der Waals surface area contributed by atoms with Crippen LogP contribution < -0.4 is 10.2 Å². The highest BCUT2D eigenvalue weighted by Crippen LogP contribution is 2.28. The molecule has 0 unspecified atom stereocenters. The minimum atomic E-state index is 0.0280. The van der Waals surface area contributed by atoms with Crippen LogP contribution >= 0.6 is 11.8 Å². The predicted molar refractivity (Wildman–Crippen MR) is 112 cm³/mol. The molecule has 1 aromatic rings. The number of rotatable bonds is 7. The predicted octanol–water partition coefficient (Wildman–Crippen LogP) is 4.04. The van der Waals surface area contributed by atoms with Crippen LogP contribution in [0.15, 0.2) is 11.1 Å². The van der Waals surface area contributed by atoms with Crippen molar-refractivity contribution >= 4 is 23.5 Å². The van der Waals surface area contributed by atoms with Crippen molar-refractivity contribution in [1.82, 2.24) is 10.3 Å². The summed E-state index contributed by atoms with van der Waals surface area (Å²) in [6.45, 7) is 8.09. The molecule has 2 fully saturated rings. The van der Waals surface area contributed by atoms with E-state index in [-0.39, 0.29) is 5.91 Å². The molecular formula is C21H33N3O2S.